The highest BCUT2D eigenvalue weighted by Crippen LogP contribution is 2.42. The predicted octanol–water partition coefficient (Wildman–Crippen LogP) is 6.19. The monoisotopic (exact) mass is 507 g/mol. The van der Waals surface area contributed by atoms with Crippen molar-refractivity contribution < 1.29 is 4.74 Å². The van der Waals surface area contributed by atoms with Gasteiger partial charge in [0.15, 0.2) is 5.65 Å². The van der Waals surface area contributed by atoms with Crippen LogP contribution in [0, 0.1) is 0 Å². The number of likely N-dealkylation sites (tertiary alicyclic amines) is 1. The number of ether oxygens (including phenoxy) is 1. The molecular weight excluding hydrogens is 478 g/mol. The van der Waals surface area contributed by atoms with Gasteiger partial charge in [0.05, 0.1) is 6.20 Å². The van der Waals surface area contributed by atoms with Crippen LogP contribution in [0.15, 0.2) is 84.1 Å². The third kappa shape index (κ3) is 4.27. The summed E-state index contributed by atoms with van der Waals surface area (Å²) in [6.07, 6.45) is 10.8. The van der Waals surface area contributed by atoms with Gasteiger partial charge in [0.25, 0.3) is 0 Å². The van der Waals surface area contributed by atoms with Crippen molar-refractivity contribution in [1.82, 2.24) is 19.5 Å². The molecule has 7 rings (SSSR count). The van der Waals surface area contributed by atoms with E-state index >= 15 is 0 Å². The van der Waals surface area contributed by atoms with Crippen molar-refractivity contribution in [1.29, 1.82) is 0 Å². The molecule has 5 aromatic rings. The maximum absolute atomic E-state index is 6.46. The van der Waals surface area contributed by atoms with Gasteiger partial charge in [-0.2, -0.15) is 5.10 Å². The summed E-state index contributed by atoms with van der Waals surface area (Å²) in [6, 6.07) is 20.9. The number of benzene rings is 3. The summed E-state index contributed by atoms with van der Waals surface area (Å²) in [5, 5.41) is 12.8. The van der Waals surface area contributed by atoms with Gasteiger partial charge in [-0.05, 0) is 90.8 Å². The van der Waals surface area contributed by atoms with E-state index < -0.39 is 0 Å². The molecule has 3 aromatic carbocycles. The zero-order valence-corrected chi connectivity index (χ0v) is 21.5. The van der Waals surface area contributed by atoms with Crippen molar-refractivity contribution in [3.05, 3.63) is 79.3 Å². The van der Waals surface area contributed by atoms with Gasteiger partial charge in [-0.25, -0.2) is 9.50 Å². The number of fused-ring (bicyclic) bond motifs is 2. The molecule has 0 spiro atoms. The Hall–Kier alpha value is -3.39. The average molecular weight is 508 g/mol. The van der Waals surface area contributed by atoms with Gasteiger partial charge < -0.3 is 4.74 Å². The molecule has 3 heterocycles. The Labute approximate surface area is 220 Å². The Bertz CT molecular complexity index is 1590. The molecule has 37 heavy (non-hydrogen) atoms. The van der Waals surface area contributed by atoms with Crippen LogP contribution in [0.3, 0.4) is 0 Å². The van der Waals surface area contributed by atoms with E-state index in [9.17, 15) is 0 Å². The fourth-order valence-electron chi connectivity index (χ4n) is 5.57. The van der Waals surface area contributed by atoms with Crippen LogP contribution in [0.25, 0.3) is 38.7 Å². The standard InChI is InChI=1S/C30H29N5OS/c31-37-28-12-11-25(24-5-1-2-6-26(24)28)27-18-33-35-19-22(17-32-29(27)35)21-7-9-23(10-8-21)36-30(13-14-30)20-34-15-3-4-16-34/h1-2,5-12,17-19H,3-4,13-16,20,31H2. The molecule has 6 nitrogen and oxygen atoms in total. The predicted molar refractivity (Wildman–Crippen MR) is 150 cm³/mol. The minimum Gasteiger partial charge on any atom is -0.486 e. The summed E-state index contributed by atoms with van der Waals surface area (Å²) in [5.41, 5.74) is 5.08. The van der Waals surface area contributed by atoms with Crippen LogP contribution in [0.1, 0.15) is 25.7 Å². The largest absolute Gasteiger partial charge is 0.486 e. The maximum atomic E-state index is 6.46. The first-order valence-corrected chi connectivity index (χ1v) is 13.8. The van der Waals surface area contributed by atoms with E-state index in [-0.39, 0.29) is 5.60 Å². The fraction of sp³-hybridized carbons (Fsp3) is 0.267. The SMILES string of the molecule is NSc1ccc(-c2cnn3cc(-c4ccc(OC5(CN6CCCC6)CC5)cc4)cnc23)c2ccccc12. The number of aromatic nitrogens is 3. The first-order valence-electron chi connectivity index (χ1n) is 13.0. The van der Waals surface area contributed by atoms with Gasteiger partial charge in [0.1, 0.15) is 11.4 Å². The first-order chi connectivity index (χ1) is 18.2. The highest BCUT2D eigenvalue weighted by Gasteiger charge is 2.47. The van der Waals surface area contributed by atoms with Crippen LogP contribution in [0.2, 0.25) is 0 Å². The topological polar surface area (TPSA) is 68.7 Å². The van der Waals surface area contributed by atoms with Crippen LogP contribution in [0.4, 0.5) is 0 Å². The molecule has 186 valence electrons. The zero-order chi connectivity index (χ0) is 24.8. The van der Waals surface area contributed by atoms with E-state index in [4.69, 9.17) is 14.9 Å². The number of hydrogen-bond acceptors (Lipinski definition) is 6. The van der Waals surface area contributed by atoms with Gasteiger partial charge >= 0.3 is 0 Å². The van der Waals surface area contributed by atoms with Crippen molar-refractivity contribution >= 4 is 28.4 Å². The number of rotatable bonds is 7. The van der Waals surface area contributed by atoms with Gasteiger partial charge in [0.2, 0.25) is 0 Å². The molecule has 0 unspecified atom stereocenters. The molecule has 0 atom stereocenters. The molecule has 1 saturated carbocycles. The molecule has 1 aliphatic heterocycles. The zero-order valence-electron chi connectivity index (χ0n) is 20.6. The Morgan fingerprint density at radius 2 is 1.65 bits per heavy atom. The van der Waals surface area contributed by atoms with Gasteiger partial charge in [-0.3, -0.25) is 10.0 Å². The quantitative estimate of drug-likeness (QED) is 0.265. The molecule has 2 N–H and O–H groups in total. The number of hydrogen-bond donors (Lipinski definition) is 1. The van der Waals surface area contributed by atoms with Crippen molar-refractivity contribution in [2.24, 2.45) is 5.14 Å². The van der Waals surface area contributed by atoms with E-state index in [1.807, 2.05) is 29.2 Å². The Morgan fingerprint density at radius 3 is 2.41 bits per heavy atom. The number of nitrogens with zero attached hydrogens (tertiary/aromatic N) is 4. The van der Waals surface area contributed by atoms with E-state index in [1.165, 1.54) is 37.9 Å². The van der Waals surface area contributed by atoms with Crippen LogP contribution < -0.4 is 9.88 Å². The van der Waals surface area contributed by atoms with E-state index in [0.717, 1.165) is 68.7 Å². The van der Waals surface area contributed by atoms with Gasteiger partial charge in [-0.15, -0.1) is 0 Å². The lowest BCUT2D eigenvalue weighted by molar-refractivity contribution is 0.126. The molecule has 2 fully saturated rings. The third-order valence-corrected chi connectivity index (χ3v) is 8.31. The minimum absolute atomic E-state index is 0.0169. The smallest absolute Gasteiger partial charge is 0.162 e. The summed E-state index contributed by atoms with van der Waals surface area (Å²) in [6.45, 7) is 3.48. The lowest BCUT2D eigenvalue weighted by Gasteiger charge is -2.24. The third-order valence-electron chi connectivity index (χ3n) is 7.70. The Balaban J connectivity index is 1.15. The molecule has 1 aliphatic carbocycles. The molecular formula is C30H29N5OS. The van der Waals surface area contributed by atoms with E-state index in [2.05, 4.69) is 64.6 Å². The molecule has 2 aliphatic rings. The van der Waals surface area contributed by atoms with Gasteiger partial charge in [-0.1, -0.05) is 42.5 Å². The normalized spacial score (nSPS) is 17.0. The van der Waals surface area contributed by atoms with Crippen molar-refractivity contribution in [2.45, 2.75) is 36.2 Å². The average Bonchev–Trinajstić information content (AvgIpc) is 3.30. The Morgan fingerprint density at radius 1 is 0.865 bits per heavy atom. The van der Waals surface area contributed by atoms with Crippen molar-refractivity contribution in [3.8, 4) is 28.0 Å². The first kappa shape index (κ1) is 22.8. The summed E-state index contributed by atoms with van der Waals surface area (Å²) < 4.78 is 8.32. The summed E-state index contributed by atoms with van der Waals surface area (Å²) in [7, 11) is 0. The minimum atomic E-state index is 0.0169. The number of nitrogens with two attached hydrogens (primary N) is 1. The fourth-order valence-corrected chi connectivity index (χ4v) is 6.02. The summed E-state index contributed by atoms with van der Waals surface area (Å²) in [4.78, 5) is 8.43. The Kier molecular flexibility index (Phi) is 5.65. The van der Waals surface area contributed by atoms with Crippen molar-refractivity contribution in [2.75, 3.05) is 19.6 Å². The molecule has 0 bridgehead atoms. The summed E-state index contributed by atoms with van der Waals surface area (Å²) in [5.74, 6) is 0.946. The van der Waals surface area contributed by atoms with Crippen LogP contribution in [0.5, 0.6) is 5.75 Å². The molecule has 1 saturated heterocycles. The lowest BCUT2D eigenvalue weighted by Crippen LogP contribution is -2.35. The lowest BCUT2D eigenvalue weighted by atomic mass is 10.00. The summed E-state index contributed by atoms with van der Waals surface area (Å²) >= 11 is 1.27. The highest BCUT2D eigenvalue weighted by atomic mass is 32.2. The van der Waals surface area contributed by atoms with Gasteiger partial charge in [0, 0.05) is 35.0 Å². The second-order valence-corrected chi connectivity index (χ2v) is 10.9. The van der Waals surface area contributed by atoms with E-state index in [0.29, 0.717) is 0 Å². The molecule has 7 heteroatoms. The van der Waals surface area contributed by atoms with Crippen LogP contribution in [-0.4, -0.2) is 44.7 Å². The van der Waals surface area contributed by atoms with Crippen LogP contribution >= 0.6 is 11.9 Å². The second-order valence-electron chi connectivity index (χ2n) is 10.2. The molecule has 0 radical (unpaired) electrons. The van der Waals surface area contributed by atoms with Crippen molar-refractivity contribution in [3.63, 3.8) is 0 Å². The molecule has 0 amide bonds. The second kappa shape index (κ2) is 9.17. The molecule has 2 aromatic heterocycles. The van der Waals surface area contributed by atoms with Crippen LogP contribution in [-0.2, 0) is 0 Å². The highest BCUT2D eigenvalue weighted by molar-refractivity contribution is 7.97. The van der Waals surface area contributed by atoms with E-state index in [1.54, 1.807) is 0 Å². The maximum Gasteiger partial charge on any atom is 0.162 e.